The van der Waals surface area contributed by atoms with Gasteiger partial charge in [0.1, 0.15) is 5.54 Å². The molecular weight excluding hydrogens is 398 g/mol. The Morgan fingerprint density at radius 1 is 1.23 bits per heavy atom. The minimum atomic E-state index is -0.838. The Balaban J connectivity index is 1.63. The molecule has 1 saturated carbocycles. The van der Waals surface area contributed by atoms with Crippen LogP contribution in [0.4, 0.5) is 5.69 Å². The standard InChI is InChI=1S/C23H25N3O5/c1-16-8-9-17(13-18(16)25-21(28)19-7-6-12-30-19)22(29)31-14-20(27)26(2)23(15-24)10-4-3-5-11-23/h6-9,12-13H,3-5,10-11,14H2,1-2H3,(H,25,28). The molecule has 1 aliphatic rings. The topological polar surface area (TPSA) is 113 Å². The normalized spacial score (nSPS) is 14.9. The number of nitrogens with one attached hydrogen (secondary N) is 1. The first-order chi connectivity index (χ1) is 14.9. The number of aryl methyl sites for hydroxylation is 1. The molecule has 0 saturated heterocycles. The molecule has 8 nitrogen and oxygen atoms in total. The molecule has 2 aromatic rings. The molecule has 8 heteroatoms. The van der Waals surface area contributed by atoms with Crippen LogP contribution < -0.4 is 5.32 Å². The van der Waals surface area contributed by atoms with Crippen LogP contribution in [0.3, 0.4) is 0 Å². The van der Waals surface area contributed by atoms with Crippen LogP contribution in [-0.4, -0.2) is 41.9 Å². The highest BCUT2D eigenvalue weighted by Crippen LogP contribution is 2.32. The summed E-state index contributed by atoms with van der Waals surface area (Å²) in [7, 11) is 1.58. The van der Waals surface area contributed by atoms with Crippen LogP contribution in [-0.2, 0) is 9.53 Å². The van der Waals surface area contributed by atoms with Crippen LogP contribution >= 0.6 is 0 Å². The molecule has 0 spiro atoms. The Labute approximate surface area is 180 Å². The summed E-state index contributed by atoms with van der Waals surface area (Å²) in [5.41, 5.74) is 0.545. The van der Waals surface area contributed by atoms with E-state index in [0.717, 1.165) is 24.8 Å². The largest absolute Gasteiger partial charge is 0.459 e. The van der Waals surface area contributed by atoms with Crippen LogP contribution in [0.15, 0.2) is 41.0 Å². The number of furan rings is 1. The second kappa shape index (κ2) is 9.47. The zero-order valence-electron chi connectivity index (χ0n) is 17.6. The van der Waals surface area contributed by atoms with E-state index in [4.69, 9.17) is 9.15 Å². The number of anilines is 1. The lowest BCUT2D eigenvalue weighted by molar-refractivity contribution is -0.138. The Kier molecular flexibility index (Phi) is 6.75. The molecule has 1 aromatic carbocycles. The highest BCUT2D eigenvalue weighted by molar-refractivity contribution is 6.03. The minimum absolute atomic E-state index is 0.148. The van der Waals surface area contributed by atoms with Crippen LogP contribution in [0.2, 0.25) is 0 Å². The molecule has 2 amide bonds. The van der Waals surface area contributed by atoms with Crippen LogP contribution in [0.1, 0.15) is 58.6 Å². The van der Waals surface area contributed by atoms with Gasteiger partial charge in [-0.2, -0.15) is 5.26 Å². The van der Waals surface area contributed by atoms with Gasteiger partial charge in [0.05, 0.1) is 17.9 Å². The summed E-state index contributed by atoms with van der Waals surface area (Å²) in [4.78, 5) is 38.7. The van der Waals surface area contributed by atoms with Gasteiger partial charge >= 0.3 is 5.97 Å². The van der Waals surface area contributed by atoms with E-state index in [0.29, 0.717) is 18.5 Å². The van der Waals surface area contributed by atoms with Crippen LogP contribution in [0, 0.1) is 18.3 Å². The summed E-state index contributed by atoms with van der Waals surface area (Å²) in [5.74, 6) is -1.40. The average Bonchev–Trinajstić information content (AvgIpc) is 3.33. The van der Waals surface area contributed by atoms with Gasteiger partial charge in [-0.05, 0) is 49.6 Å². The number of carbonyl (C=O) groups is 3. The van der Waals surface area contributed by atoms with Gasteiger partial charge in [0.2, 0.25) is 0 Å². The highest BCUT2D eigenvalue weighted by Gasteiger charge is 2.39. The lowest BCUT2D eigenvalue weighted by Crippen LogP contribution is -2.51. The van der Waals surface area contributed by atoms with Crippen molar-refractivity contribution in [2.75, 3.05) is 19.0 Å². The van der Waals surface area contributed by atoms with Crippen molar-refractivity contribution in [3.8, 4) is 6.07 Å². The summed E-state index contributed by atoms with van der Waals surface area (Å²) in [5, 5.41) is 12.3. The maximum Gasteiger partial charge on any atom is 0.338 e. The second-order valence-electron chi connectivity index (χ2n) is 7.69. The molecule has 1 fully saturated rings. The van der Waals surface area contributed by atoms with E-state index in [1.54, 1.807) is 32.2 Å². The van der Waals surface area contributed by atoms with E-state index in [-0.39, 0.29) is 11.3 Å². The molecule has 0 bridgehead atoms. The monoisotopic (exact) mass is 423 g/mol. The number of rotatable bonds is 6. The number of carbonyl (C=O) groups excluding carboxylic acids is 3. The summed E-state index contributed by atoms with van der Waals surface area (Å²) >= 11 is 0. The minimum Gasteiger partial charge on any atom is -0.459 e. The number of ether oxygens (including phenoxy) is 1. The second-order valence-corrected chi connectivity index (χ2v) is 7.69. The highest BCUT2D eigenvalue weighted by atomic mass is 16.5. The van der Waals surface area contributed by atoms with Crippen molar-refractivity contribution in [3.05, 3.63) is 53.5 Å². The van der Waals surface area contributed by atoms with Gasteiger partial charge in [0.15, 0.2) is 12.4 Å². The molecule has 1 aromatic heterocycles. The third-order valence-electron chi connectivity index (χ3n) is 5.70. The fraction of sp³-hybridized carbons (Fsp3) is 0.391. The number of benzene rings is 1. The van der Waals surface area contributed by atoms with Crippen molar-refractivity contribution in [2.45, 2.75) is 44.6 Å². The van der Waals surface area contributed by atoms with E-state index in [1.165, 1.54) is 23.3 Å². The maximum atomic E-state index is 12.6. The number of likely N-dealkylation sites (N-methyl/N-ethyl adjacent to an activating group) is 1. The van der Waals surface area contributed by atoms with E-state index >= 15 is 0 Å². The number of nitriles is 1. The van der Waals surface area contributed by atoms with Crippen LogP contribution in [0.25, 0.3) is 0 Å². The molecule has 0 aliphatic heterocycles. The first-order valence-corrected chi connectivity index (χ1v) is 10.2. The van der Waals surface area contributed by atoms with Gasteiger partial charge in [-0.3, -0.25) is 9.59 Å². The van der Waals surface area contributed by atoms with Crippen molar-refractivity contribution in [1.82, 2.24) is 4.90 Å². The molecule has 0 radical (unpaired) electrons. The molecule has 3 rings (SSSR count). The van der Waals surface area contributed by atoms with Gasteiger partial charge in [0.25, 0.3) is 11.8 Å². The van der Waals surface area contributed by atoms with E-state index in [1.807, 2.05) is 0 Å². The summed E-state index contributed by atoms with van der Waals surface area (Å²) < 4.78 is 10.3. The van der Waals surface area contributed by atoms with Crippen LogP contribution in [0.5, 0.6) is 0 Å². The van der Waals surface area contributed by atoms with E-state index in [2.05, 4.69) is 11.4 Å². The Morgan fingerprint density at radius 3 is 2.61 bits per heavy atom. The third-order valence-corrected chi connectivity index (χ3v) is 5.70. The van der Waals surface area contributed by atoms with Gasteiger partial charge in [-0.15, -0.1) is 0 Å². The fourth-order valence-electron chi connectivity index (χ4n) is 3.68. The fourth-order valence-corrected chi connectivity index (χ4v) is 3.68. The van der Waals surface area contributed by atoms with E-state index in [9.17, 15) is 19.6 Å². The van der Waals surface area contributed by atoms with Gasteiger partial charge in [-0.1, -0.05) is 25.3 Å². The summed E-state index contributed by atoms with van der Waals surface area (Å²) in [6, 6.07) is 10.1. The van der Waals surface area contributed by atoms with Crippen molar-refractivity contribution < 1.29 is 23.5 Å². The molecule has 162 valence electrons. The quantitative estimate of drug-likeness (QED) is 0.709. The van der Waals surface area contributed by atoms with Crippen molar-refractivity contribution >= 4 is 23.5 Å². The number of amides is 2. The molecular formula is C23H25N3O5. The number of hydrogen-bond acceptors (Lipinski definition) is 6. The first-order valence-electron chi connectivity index (χ1n) is 10.2. The smallest absolute Gasteiger partial charge is 0.338 e. The predicted molar refractivity (Wildman–Crippen MR) is 112 cm³/mol. The third kappa shape index (κ3) is 4.94. The molecule has 1 aliphatic carbocycles. The zero-order chi connectivity index (χ0) is 22.4. The summed E-state index contributed by atoms with van der Waals surface area (Å²) in [6.07, 6.45) is 5.47. The van der Waals surface area contributed by atoms with Gasteiger partial charge < -0.3 is 19.4 Å². The molecule has 1 N–H and O–H groups in total. The van der Waals surface area contributed by atoms with E-state index < -0.39 is 29.9 Å². The average molecular weight is 423 g/mol. The van der Waals surface area contributed by atoms with Crippen molar-refractivity contribution in [2.24, 2.45) is 0 Å². The maximum absolute atomic E-state index is 12.6. The van der Waals surface area contributed by atoms with Gasteiger partial charge in [-0.25, -0.2) is 4.79 Å². The lowest BCUT2D eigenvalue weighted by atomic mass is 9.81. The molecule has 0 atom stereocenters. The Bertz CT molecular complexity index is 1000. The number of esters is 1. The Hall–Kier alpha value is -3.60. The number of nitrogens with zero attached hydrogens (tertiary/aromatic N) is 2. The van der Waals surface area contributed by atoms with Crippen molar-refractivity contribution in [3.63, 3.8) is 0 Å². The van der Waals surface area contributed by atoms with Gasteiger partial charge in [0, 0.05) is 12.7 Å². The summed E-state index contributed by atoms with van der Waals surface area (Å²) in [6.45, 7) is 1.33. The lowest BCUT2D eigenvalue weighted by Gasteiger charge is -2.38. The molecule has 0 unspecified atom stereocenters. The van der Waals surface area contributed by atoms with Crippen molar-refractivity contribution in [1.29, 1.82) is 5.26 Å². The first kappa shape index (κ1) is 22.1. The SMILES string of the molecule is Cc1ccc(C(=O)OCC(=O)N(C)C2(C#N)CCCCC2)cc1NC(=O)c1ccco1. The zero-order valence-corrected chi connectivity index (χ0v) is 17.6. The number of hydrogen-bond donors (Lipinski definition) is 1. The Morgan fingerprint density at radius 2 is 1.97 bits per heavy atom. The molecule has 1 heterocycles. The molecule has 31 heavy (non-hydrogen) atoms. The predicted octanol–water partition coefficient (Wildman–Crippen LogP) is 3.68.